The fourth-order valence-corrected chi connectivity index (χ4v) is 1.91. The minimum absolute atomic E-state index is 0.125. The number of hydrogen-bond donors (Lipinski definition) is 1. The van der Waals surface area contributed by atoms with Gasteiger partial charge in [0.15, 0.2) is 17.5 Å². The summed E-state index contributed by atoms with van der Waals surface area (Å²) in [7, 11) is 0. The molecule has 0 aromatic heterocycles. The first-order valence-electron chi connectivity index (χ1n) is 5.15. The Hall–Kier alpha value is -1.52. The minimum Gasteiger partial charge on any atom is -0.320 e. The molecule has 0 aliphatic heterocycles. The van der Waals surface area contributed by atoms with Gasteiger partial charge in [0.2, 0.25) is 0 Å². The van der Waals surface area contributed by atoms with Crippen LogP contribution in [0.5, 0.6) is 0 Å². The molecular weight excluding hydrogens is 263 g/mol. The van der Waals surface area contributed by atoms with E-state index in [-0.39, 0.29) is 5.56 Å². The topological polar surface area (TPSA) is 26.0 Å². The van der Waals surface area contributed by atoms with Gasteiger partial charge in [-0.2, -0.15) is 0 Å². The Morgan fingerprint density at radius 3 is 2.11 bits per heavy atom. The zero-order valence-corrected chi connectivity index (χ0v) is 9.89. The molecule has 1 unspecified atom stereocenters. The van der Waals surface area contributed by atoms with Gasteiger partial charge in [-0.25, -0.2) is 13.2 Å². The van der Waals surface area contributed by atoms with E-state index in [0.717, 1.165) is 12.1 Å². The molecule has 2 rings (SSSR count). The fourth-order valence-electron chi connectivity index (χ4n) is 1.66. The summed E-state index contributed by atoms with van der Waals surface area (Å²) in [4.78, 5) is 0. The first kappa shape index (κ1) is 12.9. The number of halogens is 4. The SMILES string of the molecule is NC(c1cc(F)c(F)c(F)c1)c1ccccc1Cl. The van der Waals surface area contributed by atoms with Crippen LogP contribution >= 0.6 is 11.6 Å². The van der Waals surface area contributed by atoms with Crippen molar-refractivity contribution in [3.63, 3.8) is 0 Å². The lowest BCUT2D eigenvalue weighted by Crippen LogP contribution is -2.13. The van der Waals surface area contributed by atoms with Gasteiger partial charge in [0, 0.05) is 5.02 Å². The van der Waals surface area contributed by atoms with Gasteiger partial charge in [0.05, 0.1) is 6.04 Å². The molecule has 1 atom stereocenters. The third-order valence-electron chi connectivity index (χ3n) is 2.61. The monoisotopic (exact) mass is 271 g/mol. The molecule has 0 amide bonds. The van der Waals surface area contributed by atoms with E-state index >= 15 is 0 Å². The average molecular weight is 272 g/mol. The quantitative estimate of drug-likeness (QED) is 0.826. The lowest BCUT2D eigenvalue weighted by molar-refractivity contribution is 0.444. The normalized spacial score (nSPS) is 12.5. The summed E-state index contributed by atoms with van der Waals surface area (Å²) in [6.07, 6.45) is 0. The van der Waals surface area contributed by atoms with E-state index in [0.29, 0.717) is 10.6 Å². The molecule has 2 aromatic rings. The van der Waals surface area contributed by atoms with E-state index in [4.69, 9.17) is 17.3 Å². The van der Waals surface area contributed by atoms with Crippen LogP contribution in [0.2, 0.25) is 5.02 Å². The van der Waals surface area contributed by atoms with Gasteiger partial charge in [0.25, 0.3) is 0 Å². The van der Waals surface area contributed by atoms with Crippen molar-refractivity contribution in [2.45, 2.75) is 6.04 Å². The highest BCUT2D eigenvalue weighted by Gasteiger charge is 2.17. The molecule has 0 bridgehead atoms. The van der Waals surface area contributed by atoms with Crippen molar-refractivity contribution in [1.82, 2.24) is 0 Å². The summed E-state index contributed by atoms with van der Waals surface area (Å²) in [5, 5.41) is 0.384. The average Bonchev–Trinajstić information content (AvgIpc) is 2.35. The molecule has 0 fully saturated rings. The van der Waals surface area contributed by atoms with Crippen LogP contribution in [-0.2, 0) is 0 Å². The number of hydrogen-bond acceptors (Lipinski definition) is 1. The van der Waals surface area contributed by atoms with Crippen molar-refractivity contribution in [3.05, 3.63) is 70.0 Å². The van der Waals surface area contributed by atoms with E-state index in [1.165, 1.54) is 0 Å². The lowest BCUT2D eigenvalue weighted by atomic mass is 9.99. The Labute approximate surface area is 107 Å². The van der Waals surface area contributed by atoms with Crippen LogP contribution in [0.25, 0.3) is 0 Å². The molecular formula is C13H9ClF3N. The molecule has 94 valence electrons. The molecule has 0 spiro atoms. The second-order valence-corrected chi connectivity index (χ2v) is 4.20. The molecule has 18 heavy (non-hydrogen) atoms. The third-order valence-corrected chi connectivity index (χ3v) is 2.95. The number of rotatable bonds is 2. The zero-order valence-electron chi connectivity index (χ0n) is 9.13. The second-order valence-electron chi connectivity index (χ2n) is 3.80. The van der Waals surface area contributed by atoms with Crippen molar-refractivity contribution in [2.24, 2.45) is 5.73 Å². The first-order chi connectivity index (χ1) is 8.50. The lowest BCUT2D eigenvalue weighted by Gasteiger charge is -2.14. The van der Waals surface area contributed by atoms with Crippen molar-refractivity contribution in [3.8, 4) is 0 Å². The summed E-state index contributed by atoms with van der Waals surface area (Å²) in [6, 6.07) is 7.60. The van der Waals surface area contributed by atoms with Gasteiger partial charge in [0.1, 0.15) is 0 Å². The van der Waals surface area contributed by atoms with Crippen LogP contribution < -0.4 is 5.73 Å². The van der Waals surface area contributed by atoms with Gasteiger partial charge in [-0.3, -0.25) is 0 Å². The van der Waals surface area contributed by atoms with E-state index < -0.39 is 23.5 Å². The smallest absolute Gasteiger partial charge is 0.194 e. The molecule has 0 aliphatic rings. The molecule has 0 saturated heterocycles. The van der Waals surface area contributed by atoms with Gasteiger partial charge < -0.3 is 5.73 Å². The molecule has 2 aromatic carbocycles. The Balaban J connectivity index is 2.47. The van der Waals surface area contributed by atoms with Gasteiger partial charge in [-0.1, -0.05) is 29.8 Å². The molecule has 2 N–H and O–H groups in total. The van der Waals surface area contributed by atoms with Gasteiger partial charge in [-0.15, -0.1) is 0 Å². The van der Waals surface area contributed by atoms with E-state index in [1.807, 2.05) is 0 Å². The third kappa shape index (κ3) is 2.35. The highest BCUT2D eigenvalue weighted by molar-refractivity contribution is 6.31. The maximum absolute atomic E-state index is 13.1. The van der Waals surface area contributed by atoms with E-state index in [9.17, 15) is 13.2 Å². The van der Waals surface area contributed by atoms with Crippen LogP contribution in [0, 0.1) is 17.5 Å². The predicted octanol–water partition coefficient (Wildman–Crippen LogP) is 3.81. The van der Waals surface area contributed by atoms with Crippen LogP contribution in [0.3, 0.4) is 0 Å². The van der Waals surface area contributed by atoms with Crippen LogP contribution in [0.4, 0.5) is 13.2 Å². The molecule has 0 aliphatic carbocycles. The highest BCUT2D eigenvalue weighted by atomic mass is 35.5. The summed E-state index contributed by atoms with van der Waals surface area (Å²) in [5.74, 6) is -4.05. The van der Waals surface area contributed by atoms with E-state index in [1.54, 1.807) is 24.3 Å². The Morgan fingerprint density at radius 1 is 1.00 bits per heavy atom. The first-order valence-corrected chi connectivity index (χ1v) is 5.53. The van der Waals surface area contributed by atoms with Gasteiger partial charge in [-0.05, 0) is 29.3 Å². The molecule has 0 saturated carbocycles. The van der Waals surface area contributed by atoms with E-state index in [2.05, 4.69) is 0 Å². The highest BCUT2D eigenvalue weighted by Crippen LogP contribution is 2.27. The molecule has 5 heteroatoms. The summed E-state index contributed by atoms with van der Waals surface area (Å²) in [5.41, 5.74) is 6.51. The predicted molar refractivity (Wildman–Crippen MR) is 63.8 cm³/mol. The maximum atomic E-state index is 13.1. The van der Waals surface area contributed by atoms with Crippen molar-refractivity contribution in [2.75, 3.05) is 0 Å². The standard InChI is InChI=1S/C13H9ClF3N/c14-9-4-2-1-3-8(9)13(18)7-5-10(15)12(17)11(16)6-7/h1-6,13H,18H2. The number of benzene rings is 2. The fraction of sp³-hybridized carbons (Fsp3) is 0.0769. The summed E-state index contributed by atoms with van der Waals surface area (Å²) in [6.45, 7) is 0. The summed E-state index contributed by atoms with van der Waals surface area (Å²) >= 11 is 5.94. The van der Waals surface area contributed by atoms with Gasteiger partial charge >= 0.3 is 0 Å². The second kappa shape index (κ2) is 5.00. The molecule has 1 nitrogen and oxygen atoms in total. The Kier molecular flexibility index (Phi) is 3.59. The molecule has 0 radical (unpaired) electrons. The van der Waals surface area contributed by atoms with Crippen LogP contribution in [-0.4, -0.2) is 0 Å². The summed E-state index contributed by atoms with van der Waals surface area (Å²) < 4.78 is 39.1. The van der Waals surface area contributed by atoms with Crippen LogP contribution in [0.15, 0.2) is 36.4 Å². The minimum atomic E-state index is -1.51. The number of nitrogens with two attached hydrogens (primary N) is 1. The van der Waals surface area contributed by atoms with Crippen molar-refractivity contribution in [1.29, 1.82) is 0 Å². The van der Waals surface area contributed by atoms with Crippen LogP contribution in [0.1, 0.15) is 17.2 Å². The van der Waals surface area contributed by atoms with Crippen molar-refractivity contribution < 1.29 is 13.2 Å². The van der Waals surface area contributed by atoms with Crippen molar-refractivity contribution >= 4 is 11.6 Å². The maximum Gasteiger partial charge on any atom is 0.194 e. The largest absolute Gasteiger partial charge is 0.320 e. The zero-order chi connectivity index (χ0) is 13.3. The molecule has 0 heterocycles. The Bertz CT molecular complexity index is 563. The Morgan fingerprint density at radius 2 is 1.56 bits per heavy atom.